The van der Waals surface area contributed by atoms with E-state index in [4.69, 9.17) is 20.4 Å². The van der Waals surface area contributed by atoms with Crippen molar-refractivity contribution in [3.05, 3.63) is 101 Å². The van der Waals surface area contributed by atoms with E-state index in [1.54, 1.807) is 30.5 Å². The zero-order valence-corrected chi connectivity index (χ0v) is 20.1. The van der Waals surface area contributed by atoms with Crippen LogP contribution in [0.4, 0.5) is 5.82 Å². The second kappa shape index (κ2) is 10.3. The summed E-state index contributed by atoms with van der Waals surface area (Å²) in [6.45, 7) is 0.436. The van der Waals surface area contributed by atoms with Crippen LogP contribution in [0.2, 0.25) is 0 Å². The third-order valence-corrected chi connectivity index (χ3v) is 5.90. The molecule has 0 aliphatic heterocycles. The van der Waals surface area contributed by atoms with Gasteiger partial charge in [0.25, 0.3) is 5.91 Å². The van der Waals surface area contributed by atoms with Crippen molar-refractivity contribution >= 4 is 46.1 Å². The molecule has 0 fully saturated rings. The molecule has 0 saturated carbocycles. The number of benzene rings is 3. The average molecular weight is 493 g/mol. The zero-order chi connectivity index (χ0) is 25.8. The lowest BCUT2D eigenvalue weighted by Crippen LogP contribution is -2.26. The van der Waals surface area contributed by atoms with Crippen LogP contribution in [0, 0.1) is 0 Å². The highest BCUT2D eigenvalue weighted by atomic mass is 16.5. The number of hydrogen-bond acceptors (Lipinski definition) is 7. The highest BCUT2D eigenvalue weighted by Gasteiger charge is 2.24. The molecule has 5 aromatic rings. The molecule has 0 saturated heterocycles. The molecule has 37 heavy (non-hydrogen) atoms. The molecule has 9 nitrogen and oxygen atoms in total. The Hall–Kier alpha value is -5.05. The molecule has 0 radical (unpaired) electrons. The number of nitrogen functional groups attached to an aromatic ring is 1. The van der Waals surface area contributed by atoms with Gasteiger partial charge in [-0.25, -0.2) is 14.8 Å². The summed E-state index contributed by atoms with van der Waals surface area (Å²) < 4.78 is 6.15. The van der Waals surface area contributed by atoms with E-state index in [0.29, 0.717) is 40.7 Å². The van der Waals surface area contributed by atoms with Crippen LogP contribution in [0.5, 0.6) is 0 Å². The van der Waals surface area contributed by atoms with Gasteiger partial charge in [0.15, 0.2) is 5.65 Å². The third-order valence-electron chi connectivity index (χ3n) is 5.90. The van der Waals surface area contributed by atoms with Crippen LogP contribution in [0.1, 0.15) is 31.8 Å². The number of fused-ring (bicyclic) bond motifs is 2. The highest BCUT2D eigenvalue weighted by molar-refractivity contribution is 6.10. The fraction of sp³-hybridized carbons (Fsp3) is 0.107. The van der Waals surface area contributed by atoms with Gasteiger partial charge in [-0.15, -0.1) is 0 Å². The number of aromatic nitrogens is 3. The molecule has 2 aromatic heterocycles. The molecule has 0 bridgehead atoms. The zero-order valence-electron chi connectivity index (χ0n) is 20.1. The standard InChI is InChI=1S/C28H24N6O3/c1-37-28(36)20-13-11-19(12-14-20)17-31-34-25(29)23(27(35)30-16-15-18-7-3-2-4-8-18)24-26(34)33-22-10-6-5-9-21(22)32-24/h2-14,17H,15-16,29H2,1H3,(H,30,35). The fourth-order valence-electron chi connectivity index (χ4n) is 3.99. The maximum Gasteiger partial charge on any atom is 0.337 e. The van der Waals surface area contributed by atoms with Crippen molar-refractivity contribution < 1.29 is 14.3 Å². The van der Waals surface area contributed by atoms with E-state index in [2.05, 4.69) is 10.4 Å². The maximum absolute atomic E-state index is 13.3. The normalized spacial score (nSPS) is 11.3. The Morgan fingerprint density at radius 1 is 0.973 bits per heavy atom. The van der Waals surface area contributed by atoms with Crippen molar-refractivity contribution in [2.45, 2.75) is 6.42 Å². The minimum atomic E-state index is -0.422. The molecule has 0 aliphatic rings. The summed E-state index contributed by atoms with van der Waals surface area (Å²) in [6, 6.07) is 24.0. The second-order valence-electron chi connectivity index (χ2n) is 8.31. The van der Waals surface area contributed by atoms with Gasteiger partial charge in [0.2, 0.25) is 0 Å². The molecule has 9 heteroatoms. The van der Waals surface area contributed by atoms with Gasteiger partial charge in [-0.2, -0.15) is 9.78 Å². The lowest BCUT2D eigenvalue weighted by atomic mass is 10.1. The van der Waals surface area contributed by atoms with Gasteiger partial charge in [-0.1, -0.05) is 54.6 Å². The molecule has 2 heterocycles. The number of anilines is 1. The first kappa shape index (κ1) is 23.7. The van der Waals surface area contributed by atoms with E-state index in [-0.39, 0.29) is 17.3 Å². The van der Waals surface area contributed by atoms with Crippen LogP contribution in [0.25, 0.3) is 22.2 Å². The van der Waals surface area contributed by atoms with Gasteiger partial charge in [-0.3, -0.25) is 4.79 Å². The van der Waals surface area contributed by atoms with E-state index in [0.717, 1.165) is 11.1 Å². The van der Waals surface area contributed by atoms with Gasteiger partial charge in [0.05, 0.1) is 29.9 Å². The molecule has 0 aliphatic carbocycles. The van der Waals surface area contributed by atoms with E-state index in [1.807, 2.05) is 54.6 Å². The Kier molecular flexibility index (Phi) is 6.58. The number of para-hydroxylation sites is 2. The lowest BCUT2D eigenvalue weighted by molar-refractivity contribution is 0.0600. The van der Waals surface area contributed by atoms with Crippen molar-refractivity contribution in [3.63, 3.8) is 0 Å². The number of nitrogens with zero attached hydrogens (tertiary/aromatic N) is 4. The number of esters is 1. The highest BCUT2D eigenvalue weighted by Crippen LogP contribution is 2.27. The van der Waals surface area contributed by atoms with Crippen molar-refractivity contribution in [2.75, 3.05) is 19.4 Å². The fourth-order valence-corrected chi connectivity index (χ4v) is 3.99. The van der Waals surface area contributed by atoms with Crippen LogP contribution in [-0.4, -0.2) is 46.4 Å². The first-order chi connectivity index (χ1) is 18.0. The van der Waals surface area contributed by atoms with Crippen molar-refractivity contribution in [1.82, 2.24) is 20.0 Å². The smallest absolute Gasteiger partial charge is 0.337 e. The third kappa shape index (κ3) is 4.87. The minimum Gasteiger partial charge on any atom is -0.465 e. The van der Waals surface area contributed by atoms with Crippen LogP contribution in [0.3, 0.4) is 0 Å². The molecule has 3 aromatic carbocycles. The van der Waals surface area contributed by atoms with Gasteiger partial charge in [0.1, 0.15) is 16.9 Å². The number of carbonyl (C=O) groups is 2. The van der Waals surface area contributed by atoms with E-state index >= 15 is 0 Å². The predicted octanol–water partition coefficient (Wildman–Crippen LogP) is 3.81. The topological polar surface area (TPSA) is 124 Å². The van der Waals surface area contributed by atoms with Gasteiger partial charge >= 0.3 is 5.97 Å². The number of ether oxygens (including phenoxy) is 1. The Balaban J connectivity index is 1.50. The first-order valence-corrected chi connectivity index (χ1v) is 11.7. The Bertz CT molecular complexity index is 1630. The number of rotatable bonds is 7. The number of carbonyl (C=O) groups excluding carboxylic acids is 2. The number of nitrogens with one attached hydrogen (secondary N) is 1. The largest absolute Gasteiger partial charge is 0.465 e. The summed E-state index contributed by atoms with van der Waals surface area (Å²) >= 11 is 0. The summed E-state index contributed by atoms with van der Waals surface area (Å²) in [4.78, 5) is 34.3. The molecule has 1 amide bonds. The first-order valence-electron chi connectivity index (χ1n) is 11.7. The number of amides is 1. The average Bonchev–Trinajstić information content (AvgIpc) is 3.20. The maximum atomic E-state index is 13.3. The summed E-state index contributed by atoms with van der Waals surface area (Å²) in [5.74, 6) is -0.640. The van der Waals surface area contributed by atoms with Crippen LogP contribution < -0.4 is 11.1 Å². The molecular formula is C28H24N6O3. The summed E-state index contributed by atoms with van der Waals surface area (Å²) in [7, 11) is 1.33. The molecular weight excluding hydrogens is 468 g/mol. The van der Waals surface area contributed by atoms with Crippen LogP contribution in [0.15, 0.2) is 84.0 Å². The predicted molar refractivity (Wildman–Crippen MR) is 143 cm³/mol. The molecule has 5 rings (SSSR count). The minimum absolute atomic E-state index is 0.130. The Morgan fingerprint density at radius 3 is 2.35 bits per heavy atom. The lowest BCUT2D eigenvalue weighted by Gasteiger charge is -2.06. The van der Waals surface area contributed by atoms with Crippen molar-refractivity contribution in [1.29, 1.82) is 0 Å². The van der Waals surface area contributed by atoms with E-state index in [1.165, 1.54) is 11.8 Å². The Labute approximate surface area is 212 Å². The summed E-state index contributed by atoms with van der Waals surface area (Å²) in [5.41, 5.74) is 11.0. The molecule has 0 atom stereocenters. The molecule has 0 unspecified atom stereocenters. The number of methoxy groups -OCH3 is 1. The van der Waals surface area contributed by atoms with E-state index in [9.17, 15) is 9.59 Å². The Morgan fingerprint density at radius 2 is 1.65 bits per heavy atom. The SMILES string of the molecule is COC(=O)c1ccc(C=Nn2c(N)c(C(=O)NCCc3ccccc3)c3nc4ccccc4nc32)cc1. The molecule has 0 spiro atoms. The monoisotopic (exact) mass is 492 g/mol. The van der Waals surface area contributed by atoms with Crippen molar-refractivity contribution in [2.24, 2.45) is 5.10 Å². The molecule has 3 N–H and O–H groups in total. The van der Waals surface area contributed by atoms with Crippen molar-refractivity contribution in [3.8, 4) is 0 Å². The van der Waals surface area contributed by atoms with Crippen LogP contribution >= 0.6 is 0 Å². The summed E-state index contributed by atoms with van der Waals surface area (Å²) in [5, 5.41) is 7.45. The van der Waals surface area contributed by atoms with Gasteiger partial charge in [0, 0.05) is 6.54 Å². The quantitative estimate of drug-likeness (QED) is 0.263. The summed E-state index contributed by atoms with van der Waals surface area (Å²) in [6.07, 6.45) is 2.25. The second-order valence-corrected chi connectivity index (χ2v) is 8.31. The van der Waals surface area contributed by atoms with E-state index < -0.39 is 5.97 Å². The van der Waals surface area contributed by atoms with Crippen LogP contribution in [-0.2, 0) is 11.2 Å². The van der Waals surface area contributed by atoms with Gasteiger partial charge in [-0.05, 0) is 41.8 Å². The number of hydrogen-bond donors (Lipinski definition) is 2. The van der Waals surface area contributed by atoms with Gasteiger partial charge < -0.3 is 15.8 Å². The number of nitrogens with two attached hydrogens (primary N) is 1. The molecule has 184 valence electrons.